The third-order valence-corrected chi connectivity index (χ3v) is 6.74. The molecular formula is C26H45NO3. The molecule has 4 nitrogen and oxygen atoms in total. The molecule has 172 valence electrons. The largest absolute Gasteiger partial charge is 0.496 e. The van der Waals surface area contributed by atoms with Gasteiger partial charge in [-0.15, -0.1) is 0 Å². The summed E-state index contributed by atoms with van der Waals surface area (Å²) in [7, 11) is 1.70. The lowest BCUT2D eigenvalue weighted by atomic mass is 9.75. The number of nitrogens with two attached hydrogens (primary N) is 1. The molecular weight excluding hydrogens is 374 g/mol. The van der Waals surface area contributed by atoms with Crippen LogP contribution in [0.2, 0.25) is 0 Å². The molecule has 1 aliphatic carbocycles. The number of hydrogen-bond acceptors (Lipinski definition) is 4. The Morgan fingerprint density at radius 3 is 2.53 bits per heavy atom. The maximum atomic E-state index is 9.85. The van der Waals surface area contributed by atoms with Crippen LogP contribution in [0.15, 0.2) is 18.2 Å². The van der Waals surface area contributed by atoms with Crippen molar-refractivity contribution in [2.45, 2.75) is 90.5 Å². The molecule has 0 heterocycles. The average Bonchev–Trinajstić information content (AvgIpc) is 2.69. The first-order valence-corrected chi connectivity index (χ1v) is 12.0. The van der Waals surface area contributed by atoms with Crippen molar-refractivity contribution in [1.29, 1.82) is 0 Å². The summed E-state index contributed by atoms with van der Waals surface area (Å²) in [6, 6.07) is 6.10. The summed E-state index contributed by atoms with van der Waals surface area (Å²) >= 11 is 0. The Balaban J connectivity index is 1.80. The zero-order chi connectivity index (χ0) is 22.0. The van der Waals surface area contributed by atoms with E-state index in [0.717, 1.165) is 55.3 Å². The van der Waals surface area contributed by atoms with E-state index < -0.39 is 5.54 Å². The molecule has 1 fully saturated rings. The van der Waals surface area contributed by atoms with Gasteiger partial charge in [-0.05, 0) is 55.1 Å². The quantitative estimate of drug-likeness (QED) is 0.380. The number of methoxy groups -OCH3 is 1. The second-order valence-electron chi connectivity index (χ2n) is 10.1. The highest BCUT2D eigenvalue weighted by Gasteiger charge is 2.31. The molecule has 1 unspecified atom stereocenters. The Hall–Kier alpha value is -1.26. The predicted octanol–water partition coefficient (Wildman–Crippen LogP) is 5.74. The molecule has 2 atom stereocenters. The summed E-state index contributed by atoms with van der Waals surface area (Å²) in [4.78, 5) is 0. The topological polar surface area (TPSA) is 64.7 Å². The van der Waals surface area contributed by atoms with Crippen molar-refractivity contribution in [3.63, 3.8) is 0 Å². The van der Waals surface area contributed by atoms with Gasteiger partial charge in [0.15, 0.2) is 0 Å². The first kappa shape index (κ1) is 25.0. The van der Waals surface area contributed by atoms with Crippen LogP contribution in [-0.4, -0.2) is 31.0 Å². The van der Waals surface area contributed by atoms with E-state index in [1.165, 1.54) is 38.5 Å². The molecule has 3 N–H and O–H groups in total. The molecule has 30 heavy (non-hydrogen) atoms. The van der Waals surface area contributed by atoms with Crippen LogP contribution in [0.4, 0.5) is 0 Å². The van der Waals surface area contributed by atoms with Gasteiger partial charge in [0, 0.05) is 11.6 Å². The lowest BCUT2D eigenvalue weighted by Gasteiger charge is -2.36. The highest BCUT2D eigenvalue weighted by Crippen LogP contribution is 2.35. The monoisotopic (exact) mass is 419 g/mol. The van der Waals surface area contributed by atoms with Gasteiger partial charge in [0.05, 0.1) is 20.3 Å². The van der Waals surface area contributed by atoms with Gasteiger partial charge in [-0.3, -0.25) is 0 Å². The van der Waals surface area contributed by atoms with E-state index in [-0.39, 0.29) is 6.61 Å². The number of aliphatic hydroxyl groups is 1. The minimum atomic E-state index is -0.489. The van der Waals surface area contributed by atoms with E-state index in [1.54, 1.807) is 7.11 Å². The molecule has 0 radical (unpaired) electrons. The fourth-order valence-electron chi connectivity index (χ4n) is 4.32. The molecule has 0 bridgehead atoms. The molecule has 0 spiro atoms. The molecule has 1 aliphatic rings. The van der Waals surface area contributed by atoms with Crippen molar-refractivity contribution in [3.8, 4) is 11.5 Å². The van der Waals surface area contributed by atoms with E-state index in [1.807, 2.05) is 12.1 Å². The second kappa shape index (κ2) is 12.6. The van der Waals surface area contributed by atoms with Crippen molar-refractivity contribution >= 4 is 0 Å². The molecule has 4 heteroatoms. The SMILES string of the molecule is COc1cc(OCCC(C)CCCC(C)C)ccc1CC[C@@](N)(CO)CC1CCC1. The van der Waals surface area contributed by atoms with Crippen LogP contribution in [0, 0.1) is 17.8 Å². The van der Waals surface area contributed by atoms with Crippen LogP contribution in [0.5, 0.6) is 11.5 Å². The summed E-state index contributed by atoms with van der Waals surface area (Å²) in [5, 5.41) is 9.85. The van der Waals surface area contributed by atoms with Crippen LogP contribution in [-0.2, 0) is 6.42 Å². The third kappa shape index (κ3) is 8.47. The van der Waals surface area contributed by atoms with Crippen molar-refractivity contribution in [1.82, 2.24) is 0 Å². The minimum Gasteiger partial charge on any atom is -0.496 e. The van der Waals surface area contributed by atoms with E-state index in [2.05, 4.69) is 26.8 Å². The van der Waals surface area contributed by atoms with Gasteiger partial charge in [-0.1, -0.05) is 65.4 Å². The van der Waals surface area contributed by atoms with Crippen LogP contribution in [0.3, 0.4) is 0 Å². The molecule has 0 saturated heterocycles. The third-order valence-electron chi connectivity index (χ3n) is 6.74. The van der Waals surface area contributed by atoms with Crippen LogP contribution in [0.1, 0.15) is 84.1 Å². The summed E-state index contributed by atoms with van der Waals surface area (Å²) < 4.78 is 11.6. The second-order valence-corrected chi connectivity index (χ2v) is 10.1. The Labute approximate surface area is 184 Å². The molecule has 1 aromatic rings. The molecule has 2 rings (SSSR count). The van der Waals surface area contributed by atoms with Gasteiger partial charge >= 0.3 is 0 Å². The van der Waals surface area contributed by atoms with E-state index >= 15 is 0 Å². The summed E-state index contributed by atoms with van der Waals surface area (Å²) in [5.41, 5.74) is 7.15. The summed E-state index contributed by atoms with van der Waals surface area (Å²) in [6.07, 6.45) is 11.3. The average molecular weight is 420 g/mol. The van der Waals surface area contributed by atoms with Gasteiger partial charge < -0.3 is 20.3 Å². The van der Waals surface area contributed by atoms with Crippen LogP contribution < -0.4 is 15.2 Å². The number of benzene rings is 1. The van der Waals surface area contributed by atoms with Crippen molar-refractivity contribution in [2.24, 2.45) is 23.5 Å². The van der Waals surface area contributed by atoms with Gasteiger partial charge in [0.1, 0.15) is 11.5 Å². The van der Waals surface area contributed by atoms with Gasteiger partial charge in [-0.2, -0.15) is 0 Å². The molecule has 0 aliphatic heterocycles. The molecule has 1 aromatic carbocycles. The van der Waals surface area contributed by atoms with Crippen LogP contribution >= 0.6 is 0 Å². The predicted molar refractivity (Wildman–Crippen MR) is 125 cm³/mol. The van der Waals surface area contributed by atoms with E-state index in [9.17, 15) is 5.11 Å². The Kier molecular flexibility index (Phi) is 10.5. The molecule has 1 saturated carbocycles. The minimum absolute atomic E-state index is 0.0440. The standard InChI is InChI=1S/C26H45NO3/c1-20(2)7-5-8-21(3)14-16-30-24-12-11-23(25(17-24)29-4)13-15-26(27,19-28)18-22-9-6-10-22/h11-12,17,20-22,28H,5-10,13-16,18-19,27H2,1-4H3/t21?,26-/m0/s1. The molecule has 0 amide bonds. The lowest BCUT2D eigenvalue weighted by Crippen LogP contribution is -2.46. The number of hydrogen-bond donors (Lipinski definition) is 2. The van der Waals surface area contributed by atoms with Crippen molar-refractivity contribution < 1.29 is 14.6 Å². The van der Waals surface area contributed by atoms with Crippen molar-refractivity contribution in [3.05, 3.63) is 23.8 Å². The zero-order valence-corrected chi connectivity index (χ0v) is 19.8. The number of rotatable bonds is 15. The normalized spacial score (nSPS) is 17.4. The number of ether oxygens (including phenoxy) is 2. The Morgan fingerprint density at radius 1 is 1.17 bits per heavy atom. The Morgan fingerprint density at radius 2 is 1.93 bits per heavy atom. The summed E-state index contributed by atoms with van der Waals surface area (Å²) in [6.45, 7) is 7.68. The lowest BCUT2D eigenvalue weighted by molar-refractivity contribution is 0.135. The van der Waals surface area contributed by atoms with Gasteiger partial charge in [0.2, 0.25) is 0 Å². The van der Waals surface area contributed by atoms with E-state index in [4.69, 9.17) is 15.2 Å². The summed E-state index contributed by atoms with van der Waals surface area (Å²) in [5.74, 6) is 3.88. The van der Waals surface area contributed by atoms with Gasteiger partial charge in [-0.25, -0.2) is 0 Å². The fourth-order valence-corrected chi connectivity index (χ4v) is 4.32. The zero-order valence-electron chi connectivity index (χ0n) is 19.8. The van der Waals surface area contributed by atoms with E-state index in [0.29, 0.717) is 11.8 Å². The maximum absolute atomic E-state index is 9.85. The van der Waals surface area contributed by atoms with Crippen LogP contribution in [0.25, 0.3) is 0 Å². The van der Waals surface area contributed by atoms with Crippen molar-refractivity contribution in [2.75, 3.05) is 20.3 Å². The maximum Gasteiger partial charge on any atom is 0.125 e. The highest BCUT2D eigenvalue weighted by atomic mass is 16.5. The first-order valence-electron chi connectivity index (χ1n) is 12.0. The van der Waals surface area contributed by atoms with Gasteiger partial charge in [0.25, 0.3) is 0 Å². The highest BCUT2D eigenvalue weighted by molar-refractivity contribution is 5.41. The fraction of sp³-hybridized carbons (Fsp3) is 0.769. The molecule has 0 aromatic heterocycles. The first-order chi connectivity index (χ1) is 14.3. The Bertz CT molecular complexity index is 614. The number of aliphatic hydroxyl groups excluding tert-OH is 1. The number of aryl methyl sites for hydroxylation is 1. The smallest absolute Gasteiger partial charge is 0.125 e.